The standard InChI is InChI=1S/C11H11F2NO2/c1-16-10(15)11(13)5-4-8(12)9-7(11)3-2-6-14-9/h2-3,6,8H,4-5H2,1H3/t8-,11+/m0/s1. The second-order valence-electron chi connectivity index (χ2n) is 3.74. The number of aromatic nitrogens is 1. The van der Waals surface area contributed by atoms with Gasteiger partial charge in [0.05, 0.1) is 12.8 Å². The molecule has 3 nitrogen and oxygen atoms in total. The Labute approximate surface area is 91.4 Å². The first-order chi connectivity index (χ1) is 7.59. The van der Waals surface area contributed by atoms with Crippen LogP contribution < -0.4 is 0 Å². The van der Waals surface area contributed by atoms with Crippen LogP contribution in [0, 0.1) is 0 Å². The van der Waals surface area contributed by atoms with E-state index in [1.807, 2.05) is 0 Å². The molecule has 0 saturated carbocycles. The number of hydrogen-bond acceptors (Lipinski definition) is 3. The van der Waals surface area contributed by atoms with E-state index in [1.54, 1.807) is 0 Å². The fourth-order valence-electron chi connectivity index (χ4n) is 1.97. The van der Waals surface area contributed by atoms with Crippen LogP contribution in [0.1, 0.15) is 30.3 Å². The van der Waals surface area contributed by atoms with Crippen molar-refractivity contribution in [3.63, 3.8) is 0 Å². The van der Waals surface area contributed by atoms with E-state index in [0.29, 0.717) is 0 Å². The first-order valence-corrected chi connectivity index (χ1v) is 4.96. The molecule has 0 aliphatic heterocycles. The Morgan fingerprint density at radius 1 is 1.69 bits per heavy atom. The number of alkyl halides is 2. The average molecular weight is 227 g/mol. The zero-order chi connectivity index (χ0) is 11.8. The normalized spacial score (nSPS) is 28.3. The molecular formula is C11H11F2NO2. The molecule has 1 aliphatic carbocycles. The SMILES string of the molecule is COC(=O)[C@@]1(F)CC[C@H](F)c2ncccc21. The zero-order valence-electron chi connectivity index (χ0n) is 8.74. The summed E-state index contributed by atoms with van der Waals surface area (Å²) >= 11 is 0. The molecule has 0 unspecified atom stereocenters. The van der Waals surface area contributed by atoms with Gasteiger partial charge in [-0.3, -0.25) is 4.98 Å². The lowest BCUT2D eigenvalue weighted by Crippen LogP contribution is -2.36. The van der Waals surface area contributed by atoms with Crippen LogP contribution in [0.5, 0.6) is 0 Å². The molecule has 16 heavy (non-hydrogen) atoms. The molecule has 0 radical (unpaired) electrons. The van der Waals surface area contributed by atoms with Crippen molar-refractivity contribution in [2.24, 2.45) is 0 Å². The highest BCUT2D eigenvalue weighted by Crippen LogP contribution is 2.44. The minimum atomic E-state index is -2.26. The fraction of sp³-hybridized carbons (Fsp3) is 0.455. The molecule has 0 spiro atoms. The third kappa shape index (κ3) is 1.47. The van der Waals surface area contributed by atoms with Crippen molar-refractivity contribution in [2.75, 3.05) is 7.11 Å². The average Bonchev–Trinajstić information content (AvgIpc) is 2.33. The predicted molar refractivity (Wildman–Crippen MR) is 52.1 cm³/mol. The van der Waals surface area contributed by atoms with Crippen LogP contribution in [-0.2, 0) is 15.2 Å². The van der Waals surface area contributed by atoms with E-state index in [2.05, 4.69) is 9.72 Å². The van der Waals surface area contributed by atoms with E-state index >= 15 is 0 Å². The van der Waals surface area contributed by atoms with Crippen molar-refractivity contribution in [3.8, 4) is 0 Å². The number of carbonyl (C=O) groups is 1. The monoisotopic (exact) mass is 227 g/mol. The van der Waals surface area contributed by atoms with Gasteiger partial charge in [-0.1, -0.05) is 6.07 Å². The first kappa shape index (κ1) is 11.0. The molecule has 1 aromatic heterocycles. The number of rotatable bonds is 1. The molecule has 2 rings (SSSR count). The number of ether oxygens (including phenoxy) is 1. The highest BCUT2D eigenvalue weighted by Gasteiger charge is 2.48. The lowest BCUT2D eigenvalue weighted by Gasteiger charge is -2.30. The highest BCUT2D eigenvalue weighted by atomic mass is 19.1. The summed E-state index contributed by atoms with van der Waals surface area (Å²) < 4.78 is 32.4. The molecule has 0 aromatic carbocycles. The third-order valence-corrected chi connectivity index (χ3v) is 2.81. The number of carbonyl (C=O) groups excluding carboxylic acids is 1. The summed E-state index contributed by atoms with van der Waals surface area (Å²) in [6.45, 7) is 0. The van der Waals surface area contributed by atoms with Crippen LogP contribution in [0.15, 0.2) is 18.3 Å². The minimum Gasteiger partial charge on any atom is -0.466 e. The Bertz CT molecular complexity index is 424. The number of methoxy groups -OCH3 is 1. The maximum Gasteiger partial charge on any atom is 0.348 e. The molecule has 1 aromatic rings. The largest absolute Gasteiger partial charge is 0.466 e. The van der Waals surface area contributed by atoms with Gasteiger partial charge in [0.1, 0.15) is 6.17 Å². The Balaban J connectivity index is 2.53. The van der Waals surface area contributed by atoms with Crippen molar-refractivity contribution >= 4 is 5.97 Å². The molecule has 1 heterocycles. The lowest BCUT2D eigenvalue weighted by molar-refractivity contribution is -0.157. The Hall–Kier alpha value is -1.52. The summed E-state index contributed by atoms with van der Waals surface area (Å²) in [4.78, 5) is 15.2. The van der Waals surface area contributed by atoms with Crippen LogP contribution >= 0.6 is 0 Å². The summed E-state index contributed by atoms with van der Waals surface area (Å²) in [7, 11) is 1.11. The van der Waals surface area contributed by atoms with Crippen LogP contribution in [0.2, 0.25) is 0 Å². The van der Waals surface area contributed by atoms with Gasteiger partial charge in [0, 0.05) is 11.8 Å². The van der Waals surface area contributed by atoms with Crippen LogP contribution in [0.4, 0.5) is 8.78 Å². The second kappa shape index (κ2) is 3.81. The Morgan fingerprint density at radius 2 is 2.44 bits per heavy atom. The smallest absolute Gasteiger partial charge is 0.348 e. The molecule has 2 atom stereocenters. The van der Waals surface area contributed by atoms with Crippen LogP contribution in [0.25, 0.3) is 0 Å². The number of pyridine rings is 1. The first-order valence-electron chi connectivity index (χ1n) is 4.96. The lowest BCUT2D eigenvalue weighted by atomic mass is 9.82. The van der Waals surface area contributed by atoms with Gasteiger partial charge < -0.3 is 4.74 Å². The molecular weight excluding hydrogens is 216 g/mol. The van der Waals surface area contributed by atoms with Gasteiger partial charge >= 0.3 is 5.97 Å². The second-order valence-corrected chi connectivity index (χ2v) is 3.74. The van der Waals surface area contributed by atoms with E-state index in [0.717, 1.165) is 7.11 Å². The summed E-state index contributed by atoms with van der Waals surface area (Å²) in [5.74, 6) is -0.992. The maximum absolute atomic E-state index is 14.5. The number of fused-ring (bicyclic) bond motifs is 1. The summed E-state index contributed by atoms with van der Waals surface area (Å²) in [6.07, 6.45) is -0.200. The molecule has 5 heteroatoms. The third-order valence-electron chi connectivity index (χ3n) is 2.81. The van der Waals surface area contributed by atoms with Crippen molar-refractivity contribution < 1.29 is 18.3 Å². The van der Waals surface area contributed by atoms with E-state index in [-0.39, 0.29) is 24.1 Å². The summed E-state index contributed by atoms with van der Waals surface area (Å²) in [6, 6.07) is 2.86. The van der Waals surface area contributed by atoms with Gasteiger partial charge in [-0.15, -0.1) is 0 Å². The topological polar surface area (TPSA) is 39.2 Å². The zero-order valence-corrected chi connectivity index (χ0v) is 8.74. The molecule has 0 bridgehead atoms. The van der Waals surface area contributed by atoms with Gasteiger partial charge in [-0.05, 0) is 18.9 Å². The molecule has 0 fully saturated rings. The highest BCUT2D eigenvalue weighted by molar-refractivity contribution is 5.81. The van der Waals surface area contributed by atoms with Gasteiger partial charge in [0.25, 0.3) is 0 Å². The van der Waals surface area contributed by atoms with Crippen molar-refractivity contribution in [1.82, 2.24) is 4.98 Å². The predicted octanol–water partition coefficient (Wildman–Crippen LogP) is 2.22. The molecule has 0 N–H and O–H groups in total. The van der Waals surface area contributed by atoms with E-state index in [9.17, 15) is 13.6 Å². The number of halogens is 2. The van der Waals surface area contributed by atoms with Gasteiger partial charge in [-0.2, -0.15) is 0 Å². The number of esters is 1. The Kier molecular flexibility index (Phi) is 2.61. The molecule has 86 valence electrons. The van der Waals surface area contributed by atoms with Crippen LogP contribution in [0.3, 0.4) is 0 Å². The summed E-state index contributed by atoms with van der Waals surface area (Å²) in [5.41, 5.74) is -2.27. The maximum atomic E-state index is 14.5. The fourth-order valence-corrected chi connectivity index (χ4v) is 1.97. The quantitative estimate of drug-likeness (QED) is 0.690. The molecule has 0 saturated heterocycles. The minimum absolute atomic E-state index is 0.00153. The van der Waals surface area contributed by atoms with Crippen molar-refractivity contribution in [1.29, 1.82) is 0 Å². The number of nitrogens with zero attached hydrogens (tertiary/aromatic N) is 1. The Morgan fingerprint density at radius 3 is 3.12 bits per heavy atom. The molecule has 0 amide bonds. The van der Waals surface area contributed by atoms with Gasteiger partial charge in [0.15, 0.2) is 0 Å². The summed E-state index contributed by atoms with van der Waals surface area (Å²) in [5, 5.41) is 0. The van der Waals surface area contributed by atoms with Gasteiger partial charge in [0.2, 0.25) is 5.67 Å². The van der Waals surface area contributed by atoms with Crippen molar-refractivity contribution in [3.05, 3.63) is 29.6 Å². The molecule has 1 aliphatic rings. The van der Waals surface area contributed by atoms with Crippen LogP contribution in [-0.4, -0.2) is 18.1 Å². The van der Waals surface area contributed by atoms with E-state index in [1.165, 1.54) is 18.3 Å². The van der Waals surface area contributed by atoms with E-state index in [4.69, 9.17) is 0 Å². The number of hydrogen-bond donors (Lipinski definition) is 0. The van der Waals surface area contributed by atoms with Gasteiger partial charge in [-0.25, -0.2) is 13.6 Å². The van der Waals surface area contributed by atoms with Crippen molar-refractivity contribution in [2.45, 2.75) is 24.7 Å². The van der Waals surface area contributed by atoms with E-state index < -0.39 is 17.8 Å².